The first-order valence-corrected chi connectivity index (χ1v) is 4.90. The van der Waals surface area contributed by atoms with Crippen LogP contribution in [0.4, 0.5) is 0 Å². The number of benzene rings is 1. The monoisotopic (exact) mass is 199 g/mol. The maximum atomic E-state index is 11.5. The van der Waals surface area contributed by atoms with Crippen molar-refractivity contribution in [1.82, 2.24) is 4.57 Å². The van der Waals surface area contributed by atoms with Crippen molar-refractivity contribution < 1.29 is 0 Å². The maximum Gasteiger partial charge on any atom is 0.250 e. The van der Waals surface area contributed by atoms with Crippen LogP contribution in [-0.4, -0.2) is 4.57 Å². The molecule has 2 nitrogen and oxygen atoms in total. The van der Waals surface area contributed by atoms with Crippen LogP contribution < -0.4 is 5.56 Å². The van der Waals surface area contributed by atoms with Gasteiger partial charge in [0, 0.05) is 19.3 Å². The highest BCUT2D eigenvalue weighted by atomic mass is 16.1. The first kappa shape index (κ1) is 9.71. The average Bonchev–Trinajstić information content (AvgIpc) is 2.22. The Bertz CT molecular complexity index is 540. The van der Waals surface area contributed by atoms with E-state index in [1.807, 2.05) is 31.2 Å². The van der Waals surface area contributed by atoms with E-state index >= 15 is 0 Å². The van der Waals surface area contributed by atoms with E-state index in [1.165, 1.54) is 5.56 Å². The van der Waals surface area contributed by atoms with Gasteiger partial charge in [0.05, 0.1) is 0 Å². The molecule has 1 aromatic heterocycles. The van der Waals surface area contributed by atoms with Gasteiger partial charge in [-0.1, -0.05) is 29.8 Å². The molecule has 0 spiro atoms. The third-order valence-corrected chi connectivity index (χ3v) is 2.46. The largest absolute Gasteiger partial charge is 0.319 e. The molecule has 2 heteroatoms. The smallest absolute Gasteiger partial charge is 0.250 e. The van der Waals surface area contributed by atoms with Gasteiger partial charge in [-0.25, -0.2) is 0 Å². The molecule has 0 N–H and O–H groups in total. The van der Waals surface area contributed by atoms with E-state index in [1.54, 1.807) is 23.9 Å². The van der Waals surface area contributed by atoms with E-state index < -0.39 is 0 Å². The molecule has 1 heterocycles. The van der Waals surface area contributed by atoms with Gasteiger partial charge >= 0.3 is 0 Å². The first-order chi connectivity index (χ1) is 7.16. The summed E-state index contributed by atoms with van der Waals surface area (Å²) in [6.07, 6.45) is 1.79. The maximum absolute atomic E-state index is 11.5. The predicted molar refractivity (Wildman–Crippen MR) is 61.9 cm³/mol. The average molecular weight is 199 g/mol. The highest BCUT2D eigenvalue weighted by Gasteiger charge is 1.99. The van der Waals surface area contributed by atoms with Gasteiger partial charge in [-0.3, -0.25) is 4.79 Å². The van der Waals surface area contributed by atoms with Crippen LogP contribution in [0.5, 0.6) is 0 Å². The molecule has 0 aliphatic heterocycles. The summed E-state index contributed by atoms with van der Waals surface area (Å²) in [5.74, 6) is 0. The van der Waals surface area contributed by atoms with Crippen molar-refractivity contribution in [3.63, 3.8) is 0 Å². The molecule has 0 atom stereocenters. The SMILES string of the molecule is Cc1cccc(-c2ccn(C)c(=O)c2)c1. The normalized spacial score (nSPS) is 10.3. The number of aromatic nitrogens is 1. The molecule has 0 radical (unpaired) electrons. The van der Waals surface area contributed by atoms with Gasteiger partial charge in [-0.15, -0.1) is 0 Å². The van der Waals surface area contributed by atoms with E-state index in [9.17, 15) is 4.79 Å². The Hall–Kier alpha value is -1.83. The molecule has 2 rings (SSSR count). The zero-order valence-corrected chi connectivity index (χ0v) is 8.90. The van der Waals surface area contributed by atoms with Crippen LogP contribution in [0.25, 0.3) is 11.1 Å². The van der Waals surface area contributed by atoms with Gasteiger partial charge in [-0.2, -0.15) is 0 Å². The molecule has 0 fully saturated rings. The van der Waals surface area contributed by atoms with E-state index in [0.717, 1.165) is 11.1 Å². The van der Waals surface area contributed by atoms with Crippen LogP contribution in [0.1, 0.15) is 5.56 Å². The molecular formula is C13H13NO. The predicted octanol–water partition coefficient (Wildman–Crippen LogP) is 2.36. The fraction of sp³-hybridized carbons (Fsp3) is 0.154. The molecule has 2 aromatic rings. The van der Waals surface area contributed by atoms with Crippen LogP contribution in [0.2, 0.25) is 0 Å². The van der Waals surface area contributed by atoms with E-state index in [-0.39, 0.29) is 5.56 Å². The Morgan fingerprint density at radius 3 is 2.47 bits per heavy atom. The minimum absolute atomic E-state index is 0.0222. The van der Waals surface area contributed by atoms with Crippen molar-refractivity contribution in [2.45, 2.75) is 6.92 Å². The number of hydrogen-bond donors (Lipinski definition) is 0. The molecule has 0 amide bonds. The second-order valence-corrected chi connectivity index (χ2v) is 3.73. The van der Waals surface area contributed by atoms with Crippen LogP contribution >= 0.6 is 0 Å². The third kappa shape index (κ3) is 1.99. The lowest BCUT2D eigenvalue weighted by Gasteiger charge is -2.03. The van der Waals surface area contributed by atoms with Crippen molar-refractivity contribution in [3.8, 4) is 11.1 Å². The van der Waals surface area contributed by atoms with Gasteiger partial charge in [-0.05, 0) is 24.1 Å². The summed E-state index contributed by atoms with van der Waals surface area (Å²) in [4.78, 5) is 11.5. The van der Waals surface area contributed by atoms with Gasteiger partial charge in [0.1, 0.15) is 0 Å². The molecule has 0 bridgehead atoms. The minimum atomic E-state index is 0.0222. The van der Waals surface area contributed by atoms with Crippen LogP contribution in [0, 0.1) is 6.92 Å². The first-order valence-electron chi connectivity index (χ1n) is 4.90. The van der Waals surface area contributed by atoms with Crippen molar-refractivity contribution in [1.29, 1.82) is 0 Å². The van der Waals surface area contributed by atoms with Gasteiger partial charge in [0.2, 0.25) is 0 Å². The van der Waals surface area contributed by atoms with Gasteiger partial charge < -0.3 is 4.57 Å². The summed E-state index contributed by atoms with van der Waals surface area (Å²) < 4.78 is 1.57. The van der Waals surface area contributed by atoms with E-state index in [2.05, 4.69) is 6.07 Å². The number of aryl methyl sites for hydroxylation is 2. The second-order valence-electron chi connectivity index (χ2n) is 3.73. The molecule has 0 aliphatic carbocycles. The molecule has 0 saturated heterocycles. The zero-order valence-electron chi connectivity index (χ0n) is 8.90. The van der Waals surface area contributed by atoms with Gasteiger partial charge in [0.25, 0.3) is 5.56 Å². The molecule has 0 saturated carbocycles. The summed E-state index contributed by atoms with van der Waals surface area (Å²) in [5.41, 5.74) is 3.29. The lowest BCUT2D eigenvalue weighted by Crippen LogP contribution is -2.14. The molecule has 15 heavy (non-hydrogen) atoms. The van der Waals surface area contributed by atoms with Gasteiger partial charge in [0.15, 0.2) is 0 Å². The van der Waals surface area contributed by atoms with Crippen LogP contribution in [-0.2, 0) is 7.05 Å². The molecule has 0 aliphatic rings. The summed E-state index contributed by atoms with van der Waals surface area (Å²) >= 11 is 0. The summed E-state index contributed by atoms with van der Waals surface area (Å²) in [6, 6.07) is 11.8. The standard InChI is InChI=1S/C13H13NO/c1-10-4-3-5-11(8-10)12-6-7-14(2)13(15)9-12/h3-9H,1-2H3. The second kappa shape index (κ2) is 3.73. The summed E-state index contributed by atoms with van der Waals surface area (Å²) in [6.45, 7) is 2.05. The topological polar surface area (TPSA) is 22.0 Å². The van der Waals surface area contributed by atoms with E-state index in [0.29, 0.717) is 0 Å². The highest BCUT2D eigenvalue weighted by molar-refractivity contribution is 5.63. The number of hydrogen-bond acceptors (Lipinski definition) is 1. The van der Waals surface area contributed by atoms with E-state index in [4.69, 9.17) is 0 Å². The fourth-order valence-electron chi connectivity index (χ4n) is 1.55. The van der Waals surface area contributed by atoms with Crippen LogP contribution in [0.15, 0.2) is 47.4 Å². The van der Waals surface area contributed by atoms with Crippen LogP contribution in [0.3, 0.4) is 0 Å². The molecular weight excluding hydrogens is 186 g/mol. The Labute approximate surface area is 88.8 Å². The van der Waals surface area contributed by atoms with Crippen molar-refractivity contribution in [3.05, 3.63) is 58.5 Å². The lowest BCUT2D eigenvalue weighted by atomic mass is 10.1. The molecule has 1 aromatic carbocycles. The quantitative estimate of drug-likeness (QED) is 0.691. The summed E-state index contributed by atoms with van der Waals surface area (Å²) in [7, 11) is 1.75. The minimum Gasteiger partial charge on any atom is -0.319 e. The lowest BCUT2D eigenvalue weighted by molar-refractivity contribution is 0.861. The Kier molecular flexibility index (Phi) is 2.42. The Morgan fingerprint density at radius 1 is 1.07 bits per heavy atom. The Balaban J connectivity index is 2.55. The number of pyridine rings is 1. The molecule has 76 valence electrons. The molecule has 0 unspecified atom stereocenters. The fourth-order valence-corrected chi connectivity index (χ4v) is 1.55. The number of rotatable bonds is 1. The van der Waals surface area contributed by atoms with Crippen molar-refractivity contribution >= 4 is 0 Å². The van der Waals surface area contributed by atoms with Crippen molar-refractivity contribution in [2.75, 3.05) is 0 Å². The number of nitrogens with zero attached hydrogens (tertiary/aromatic N) is 1. The zero-order chi connectivity index (χ0) is 10.8. The Morgan fingerprint density at radius 2 is 1.80 bits per heavy atom. The third-order valence-electron chi connectivity index (χ3n) is 2.46. The summed E-state index contributed by atoms with van der Waals surface area (Å²) in [5, 5.41) is 0. The highest BCUT2D eigenvalue weighted by Crippen LogP contribution is 2.17. The van der Waals surface area contributed by atoms with Crippen molar-refractivity contribution in [2.24, 2.45) is 7.05 Å².